The van der Waals surface area contributed by atoms with Gasteiger partial charge < -0.3 is 10.2 Å². The molecule has 1 saturated heterocycles. The summed E-state index contributed by atoms with van der Waals surface area (Å²) in [6.45, 7) is 8.22. The molecule has 0 aromatic heterocycles. The molecular weight excluding hydrogens is 280 g/mol. The number of thioether (sulfide) groups is 1. The van der Waals surface area contributed by atoms with Crippen LogP contribution in [0.4, 0.5) is 11.4 Å². The first-order valence-corrected chi connectivity index (χ1v) is 8.68. The highest BCUT2D eigenvalue weighted by Crippen LogP contribution is 2.24. The van der Waals surface area contributed by atoms with E-state index >= 15 is 0 Å². The van der Waals surface area contributed by atoms with E-state index in [0.717, 1.165) is 30.4 Å². The van der Waals surface area contributed by atoms with E-state index in [1.54, 1.807) is 11.8 Å². The van der Waals surface area contributed by atoms with Crippen molar-refractivity contribution in [2.24, 2.45) is 5.92 Å². The van der Waals surface area contributed by atoms with Gasteiger partial charge in [-0.25, -0.2) is 0 Å². The SMILES string of the molecule is C=CCSCC(=O)Nc1ccc(N2CCC(C)CC2)cc1. The minimum absolute atomic E-state index is 0.0430. The number of benzene rings is 1. The number of nitrogens with one attached hydrogen (secondary N) is 1. The first-order chi connectivity index (χ1) is 10.2. The Bertz CT molecular complexity index is 464. The highest BCUT2D eigenvalue weighted by Gasteiger charge is 2.15. The van der Waals surface area contributed by atoms with Gasteiger partial charge in [0, 0.05) is 30.2 Å². The maximum absolute atomic E-state index is 11.7. The van der Waals surface area contributed by atoms with Crippen molar-refractivity contribution >= 4 is 29.0 Å². The van der Waals surface area contributed by atoms with Gasteiger partial charge in [-0.2, -0.15) is 0 Å². The zero-order valence-corrected chi connectivity index (χ0v) is 13.5. The minimum atomic E-state index is 0.0430. The molecule has 1 N–H and O–H groups in total. The monoisotopic (exact) mass is 304 g/mol. The largest absolute Gasteiger partial charge is 0.372 e. The topological polar surface area (TPSA) is 32.3 Å². The average molecular weight is 304 g/mol. The van der Waals surface area contributed by atoms with Gasteiger partial charge in [0.25, 0.3) is 0 Å². The van der Waals surface area contributed by atoms with Crippen molar-refractivity contribution < 1.29 is 4.79 Å². The van der Waals surface area contributed by atoms with Crippen molar-refractivity contribution in [1.29, 1.82) is 0 Å². The highest BCUT2D eigenvalue weighted by atomic mass is 32.2. The molecular formula is C17H24N2OS. The van der Waals surface area contributed by atoms with Crippen molar-refractivity contribution in [1.82, 2.24) is 0 Å². The van der Waals surface area contributed by atoms with Gasteiger partial charge in [0.1, 0.15) is 0 Å². The molecule has 21 heavy (non-hydrogen) atoms. The van der Waals surface area contributed by atoms with Gasteiger partial charge in [0.05, 0.1) is 5.75 Å². The summed E-state index contributed by atoms with van der Waals surface area (Å²) in [5.74, 6) is 2.16. The molecule has 0 spiro atoms. The summed E-state index contributed by atoms with van der Waals surface area (Å²) in [6, 6.07) is 8.18. The third-order valence-electron chi connectivity index (χ3n) is 3.77. The molecule has 1 amide bonds. The molecule has 1 aromatic carbocycles. The molecule has 0 aliphatic carbocycles. The smallest absolute Gasteiger partial charge is 0.234 e. The number of nitrogens with zero attached hydrogens (tertiary/aromatic N) is 1. The van der Waals surface area contributed by atoms with Crippen LogP contribution in [0.15, 0.2) is 36.9 Å². The molecule has 4 heteroatoms. The van der Waals surface area contributed by atoms with E-state index in [4.69, 9.17) is 0 Å². The third-order valence-corrected chi connectivity index (χ3v) is 4.71. The number of carbonyl (C=O) groups is 1. The predicted octanol–water partition coefficient (Wildman–Crippen LogP) is 3.78. The predicted molar refractivity (Wildman–Crippen MR) is 93.2 cm³/mol. The number of hydrogen-bond donors (Lipinski definition) is 1. The fraction of sp³-hybridized carbons (Fsp3) is 0.471. The second-order valence-corrected chi connectivity index (χ2v) is 6.60. The van der Waals surface area contributed by atoms with Crippen LogP contribution in [-0.2, 0) is 4.79 Å². The van der Waals surface area contributed by atoms with Crippen molar-refractivity contribution in [2.45, 2.75) is 19.8 Å². The Labute approximate surface area is 131 Å². The van der Waals surface area contributed by atoms with Crippen LogP contribution in [0.1, 0.15) is 19.8 Å². The quantitative estimate of drug-likeness (QED) is 0.641. The summed E-state index contributed by atoms with van der Waals surface area (Å²) in [7, 11) is 0. The van der Waals surface area contributed by atoms with E-state index in [1.165, 1.54) is 18.5 Å². The lowest BCUT2D eigenvalue weighted by Gasteiger charge is -2.32. The lowest BCUT2D eigenvalue weighted by Crippen LogP contribution is -2.32. The molecule has 3 nitrogen and oxygen atoms in total. The number of anilines is 2. The molecule has 0 unspecified atom stereocenters. The summed E-state index contributed by atoms with van der Waals surface area (Å²) >= 11 is 1.57. The number of rotatable bonds is 6. The molecule has 1 aliphatic heterocycles. The molecule has 1 aliphatic rings. The van der Waals surface area contributed by atoms with Crippen LogP contribution in [0.25, 0.3) is 0 Å². The fourth-order valence-electron chi connectivity index (χ4n) is 2.45. The Balaban J connectivity index is 1.84. The van der Waals surface area contributed by atoms with E-state index in [-0.39, 0.29) is 5.91 Å². The van der Waals surface area contributed by atoms with Crippen LogP contribution in [-0.4, -0.2) is 30.5 Å². The van der Waals surface area contributed by atoms with Crippen LogP contribution in [0.5, 0.6) is 0 Å². The Kier molecular flexibility index (Phi) is 6.18. The summed E-state index contributed by atoms with van der Waals surface area (Å²) < 4.78 is 0. The summed E-state index contributed by atoms with van der Waals surface area (Å²) in [6.07, 6.45) is 4.34. The average Bonchev–Trinajstić information content (AvgIpc) is 2.49. The number of carbonyl (C=O) groups excluding carboxylic acids is 1. The number of amides is 1. The molecule has 0 bridgehead atoms. The van der Waals surface area contributed by atoms with Crippen LogP contribution in [0.2, 0.25) is 0 Å². The van der Waals surface area contributed by atoms with Crippen molar-refractivity contribution in [2.75, 3.05) is 34.8 Å². The fourth-order valence-corrected chi connectivity index (χ4v) is 3.00. The van der Waals surface area contributed by atoms with E-state index in [2.05, 4.69) is 35.9 Å². The summed E-state index contributed by atoms with van der Waals surface area (Å²) in [5, 5.41) is 2.93. The standard InChI is InChI=1S/C17H24N2OS/c1-3-12-21-13-17(20)18-15-4-6-16(7-5-15)19-10-8-14(2)9-11-19/h3-7,14H,1,8-13H2,2H3,(H,18,20). The normalized spacial score (nSPS) is 15.8. The van der Waals surface area contributed by atoms with E-state index in [9.17, 15) is 4.79 Å². The first-order valence-electron chi connectivity index (χ1n) is 7.52. The zero-order valence-electron chi connectivity index (χ0n) is 12.7. The van der Waals surface area contributed by atoms with Crippen LogP contribution in [0, 0.1) is 5.92 Å². The lowest BCUT2D eigenvalue weighted by atomic mass is 9.99. The van der Waals surface area contributed by atoms with Gasteiger partial charge in [0.15, 0.2) is 0 Å². The van der Waals surface area contributed by atoms with Crippen LogP contribution < -0.4 is 10.2 Å². The molecule has 0 atom stereocenters. The zero-order chi connectivity index (χ0) is 15.1. The van der Waals surface area contributed by atoms with E-state index in [1.807, 2.05) is 18.2 Å². The van der Waals surface area contributed by atoms with E-state index < -0.39 is 0 Å². The van der Waals surface area contributed by atoms with Gasteiger partial charge >= 0.3 is 0 Å². The molecule has 0 radical (unpaired) electrons. The molecule has 0 saturated carbocycles. The van der Waals surface area contributed by atoms with Gasteiger partial charge in [0.2, 0.25) is 5.91 Å². The van der Waals surface area contributed by atoms with Crippen molar-refractivity contribution in [3.05, 3.63) is 36.9 Å². The minimum Gasteiger partial charge on any atom is -0.372 e. The molecule has 1 heterocycles. The van der Waals surface area contributed by atoms with Gasteiger partial charge in [-0.05, 0) is 43.0 Å². The number of piperidine rings is 1. The second kappa shape index (κ2) is 8.13. The molecule has 1 fully saturated rings. The lowest BCUT2D eigenvalue weighted by molar-refractivity contribution is -0.113. The Morgan fingerprint density at radius 2 is 2.05 bits per heavy atom. The van der Waals surface area contributed by atoms with Crippen LogP contribution >= 0.6 is 11.8 Å². The highest BCUT2D eigenvalue weighted by molar-refractivity contribution is 8.00. The second-order valence-electron chi connectivity index (χ2n) is 5.57. The van der Waals surface area contributed by atoms with Gasteiger partial charge in [-0.1, -0.05) is 13.0 Å². The van der Waals surface area contributed by atoms with Gasteiger partial charge in [-0.3, -0.25) is 4.79 Å². The Hall–Kier alpha value is -1.42. The first kappa shape index (κ1) is 16.0. The number of hydrogen-bond acceptors (Lipinski definition) is 3. The Morgan fingerprint density at radius 3 is 2.67 bits per heavy atom. The van der Waals surface area contributed by atoms with Gasteiger partial charge in [-0.15, -0.1) is 18.3 Å². The van der Waals surface area contributed by atoms with Crippen molar-refractivity contribution in [3.8, 4) is 0 Å². The van der Waals surface area contributed by atoms with E-state index in [0.29, 0.717) is 5.75 Å². The molecule has 2 rings (SSSR count). The van der Waals surface area contributed by atoms with Crippen LogP contribution in [0.3, 0.4) is 0 Å². The maximum Gasteiger partial charge on any atom is 0.234 e. The Morgan fingerprint density at radius 1 is 1.38 bits per heavy atom. The van der Waals surface area contributed by atoms with Crippen molar-refractivity contribution in [3.63, 3.8) is 0 Å². The molecule has 1 aromatic rings. The summed E-state index contributed by atoms with van der Waals surface area (Å²) in [4.78, 5) is 14.2. The third kappa shape index (κ3) is 5.12. The summed E-state index contributed by atoms with van der Waals surface area (Å²) in [5.41, 5.74) is 2.12. The maximum atomic E-state index is 11.7. The molecule has 114 valence electrons.